The molecule has 1 aliphatic heterocycles. The van der Waals surface area contributed by atoms with E-state index < -0.39 is 0 Å². The second kappa shape index (κ2) is 7.03. The van der Waals surface area contributed by atoms with Crippen LogP contribution >= 0.6 is 12.2 Å². The zero-order valence-electron chi connectivity index (χ0n) is 10.0. The lowest BCUT2D eigenvalue weighted by Gasteiger charge is -2.11. The van der Waals surface area contributed by atoms with Crippen LogP contribution in [0.5, 0.6) is 0 Å². The van der Waals surface area contributed by atoms with Gasteiger partial charge in [0.05, 0.1) is 12.3 Å². The molecule has 5 nitrogen and oxygen atoms in total. The van der Waals surface area contributed by atoms with Gasteiger partial charge in [0, 0.05) is 31.1 Å². The van der Waals surface area contributed by atoms with Gasteiger partial charge < -0.3 is 10.1 Å². The van der Waals surface area contributed by atoms with Crippen molar-refractivity contribution in [1.29, 1.82) is 0 Å². The van der Waals surface area contributed by atoms with Crippen LogP contribution < -0.4 is 10.7 Å². The predicted molar refractivity (Wildman–Crippen MR) is 74.5 cm³/mol. The average Bonchev–Trinajstić information content (AvgIpc) is 2.91. The number of aromatic nitrogens is 1. The van der Waals surface area contributed by atoms with Gasteiger partial charge in [-0.25, -0.2) is 0 Å². The molecule has 1 fully saturated rings. The number of nitrogens with zero attached hydrogens (tertiary/aromatic N) is 2. The van der Waals surface area contributed by atoms with Crippen molar-refractivity contribution < 1.29 is 4.74 Å². The Labute approximate surface area is 112 Å². The minimum absolute atomic E-state index is 0.270. The van der Waals surface area contributed by atoms with Crippen LogP contribution in [0.3, 0.4) is 0 Å². The molecule has 2 N–H and O–H groups in total. The molecule has 2 rings (SSSR count). The molecule has 6 heteroatoms. The number of hydrazone groups is 1. The molecule has 0 bridgehead atoms. The molecule has 0 saturated carbocycles. The third-order valence-corrected chi connectivity index (χ3v) is 2.81. The fourth-order valence-electron chi connectivity index (χ4n) is 1.67. The van der Waals surface area contributed by atoms with Gasteiger partial charge in [0.2, 0.25) is 0 Å². The monoisotopic (exact) mass is 264 g/mol. The number of nitrogens with one attached hydrogen (secondary N) is 2. The fourth-order valence-corrected chi connectivity index (χ4v) is 1.81. The molecule has 1 saturated heterocycles. The predicted octanol–water partition coefficient (Wildman–Crippen LogP) is 1.06. The Morgan fingerprint density at radius 3 is 3.33 bits per heavy atom. The Hall–Kier alpha value is -1.53. The lowest BCUT2D eigenvalue weighted by molar-refractivity contribution is 0.114. The molecule has 1 aromatic rings. The summed E-state index contributed by atoms with van der Waals surface area (Å²) in [6.45, 7) is 1.58. The minimum Gasteiger partial charge on any atom is -0.376 e. The molecular weight excluding hydrogens is 248 g/mol. The summed E-state index contributed by atoms with van der Waals surface area (Å²) >= 11 is 5.10. The number of thiocarbonyl (C=S) groups is 1. The van der Waals surface area contributed by atoms with E-state index in [-0.39, 0.29) is 6.10 Å². The first-order valence-corrected chi connectivity index (χ1v) is 6.34. The Balaban J connectivity index is 1.66. The summed E-state index contributed by atoms with van der Waals surface area (Å²) in [5, 5.41) is 7.61. The maximum atomic E-state index is 5.48. The van der Waals surface area contributed by atoms with Gasteiger partial charge >= 0.3 is 0 Å². The van der Waals surface area contributed by atoms with E-state index in [0.29, 0.717) is 5.11 Å². The number of ether oxygens (including phenoxy) is 1. The number of hydrogen-bond donors (Lipinski definition) is 2. The van der Waals surface area contributed by atoms with Crippen LogP contribution in [0, 0.1) is 0 Å². The first kappa shape index (κ1) is 12.9. The summed E-state index contributed by atoms with van der Waals surface area (Å²) in [4.78, 5) is 3.99. The minimum atomic E-state index is 0.270. The lowest BCUT2D eigenvalue weighted by Crippen LogP contribution is -2.37. The standard InChI is InChI=1S/C12H16N4OS/c18-12(14-9-11-4-2-6-17-11)16-15-8-10-3-1-5-13-7-10/h1,3,5,7-8,11H,2,4,6,9H2,(H2,14,16,18)/b15-8-/t11-/m0/s1. The molecule has 96 valence electrons. The SMILES string of the molecule is S=C(NC[C@@H]1CCCO1)N/N=C\c1cccnc1. The van der Waals surface area contributed by atoms with Crippen molar-refractivity contribution in [3.05, 3.63) is 30.1 Å². The van der Waals surface area contributed by atoms with Gasteiger partial charge in [-0.1, -0.05) is 6.07 Å². The van der Waals surface area contributed by atoms with Crippen molar-refractivity contribution in [2.45, 2.75) is 18.9 Å². The van der Waals surface area contributed by atoms with E-state index in [4.69, 9.17) is 17.0 Å². The third-order valence-electron chi connectivity index (χ3n) is 2.58. The van der Waals surface area contributed by atoms with Crippen molar-refractivity contribution in [3.63, 3.8) is 0 Å². The first-order valence-electron chi connectivity index (χ1n) is 5.93. The van der Waals surface area contributed by atoms with Gasteiger partial charge in [0.25, 0.3) is 0 Å². The molecule has 1 aliphatic rings. The second-order valence-corrected chi connectivity index (χ2v) is 4.41. The summed E-state index contributed by atoms with van der Waals surface area (Å²) in [6, 6.07) is 3.77. The first-order chi connectivity index (χ1) is 8.84. The third kappa shape index (κ3) is 4.38. The Kier molecular flexibility index (Phi) is 5.04. The zero-order valence-corrected chi connectivity index (χ0v) is 10.8. The highest BCUT2D eigenvalue weighted by Crippen LogP contribution is 2.10. The van der Waals surface area contributed by atoms with Crippen LogP contribution in [0.25, 0.3) is 0 Å². The second-order valence-electron chi connectivity index (χ2n) is 4.00. The topological polar surface area (TPSA) is 58.5 Å². The summed E-state index contributed by atoms with van der Waals surface area (Å²) in [5.74, 6) is 0. The molecule has 0 aromatic carbocycles. The van der Waals surface area contributed by atoms with Crippen LogP contribution in [0.15, 0.2) is 29.6 Å². The summed E-state index contributed by atoms with van der Waals surface area (Å²) < 4.78 is 5.48. The van der Waals surface area contributed by atoms with E-state index >= 15 is 0 Å². The van der Waals surface area contributed by atoms with Gasteiger partial charge in [0.15, 0.2) is 5.11 Å². The highest BCUT2D eigenvalue weighted by atomic mass is 32.1. The highest BCUT2D eigenvalue weighted by molar-refractivity contribution is 7.80. The van der Waals surface area contributed by atoms with E-state index in [1.54, 1.807) is 18.6 Å². The lowest BCUT2D eigenvalue weighted by atomic mass is 10.2. The summed E-state index contributed by atoms with van der Waals surface area (Å²) in [7, 11) is 0. The van der Waals surface area contributed by atoms with Crippen LogP contribution in [0.2, 0.25) is 0 Å². The summed E-state index contributed by atoms with van der Waals surface area (Å²) in [6.07, 6.45) is 7.62. The van der Waals surface area contributed by atoms with Crippen LogP contribution in [0.4, 0.5) is 0 Å². The number of rotatable bonds is 4. The Bertz CT molecular complexity index is 404. The van der Waals surface area contributed by atoms with Crippen LogP contribution in [-0.4, -0.2) is 35.6 Å². The van der Waals surface area contributed by atoms with E-state index in [9.17, 15) is 0 Å². The molecule has 0 amide bonds. The van der Waals surface area contributed by atoms with Gasteiger partial charge in [-0.3, -0.25) is 10.4 Å². The van der Waals surface area contributed by atoms with Gasteiger partial charge in [-0.05, 0) is 31.1 Å². The Morgan fingerprint density at radius 1 is 1.67 bits per heavy atom. The molecule has 18 heavy (non-hydrogen) atoms. The van der Waals surface area contributed by atoms with Crippen molar-refractivity contribution in [2.24, 2.45) is 5.10 Å². The molecule has 1 atom stereocenters. The quantitative estimate of drug-likeness (QED) is 0.484. The van der Waals surface area contributed by atoms with Crippen molar-refractivity contribution in [1.82, 2.24) is 15.7 Å². The normalized spacial score (nSPS) is 19.0. The smallest absolute Gasteiger partial charge is 0.187 e. The molecule has 0 radical (unpaired) electrons. The van der Waals surface area contributed by atoms with Crippen LogP contribution in [0.1, 0.15) is 18.4 Å². The van der Waals surface area contributed by atoms with Crippen molar-refractivity contribution in [3.8, 4) is 0 Å². The largest absolute Gasteiger partial charge is 0.376 e. The molecule has 1 aromatic heterocycles. The van der Waals surface area contributed by atoms with Crippen molar-refractivity contribution >= 4 is 23.5 Å². The van der Waals surface area contributed by atoms with E-state index in [1.807, 2.05) is 12.1 Å². The molecule has 0 aliphatic carbocycles. The highest BCUT2D eigenvalue weighted by Gasteiger charge is 2.14. The van der Waals surface area contributed by atoms with Crippen molar-refractivity contribution in [2.75, 3.05) is 13.2 Å². The Morgan fingerprint density at radius 2 is 2.61 bits per heavy atom. The molecule has 0 unspecified atom stereocenters. The van der Waals surface area contributed by atoms with Gasteiger partial charge in [-0.15, -0.1) is 0 Å². The van der Waals surface area contributed by atoms with Gasteiger partial charge in [-0.2, -0.15) is 5.10 Å². The average molecular weight is 264 g/mol. The molecular formula is C12H16N4OS. The molecule has 0 spiro atoms. The maximum Gasteiger partial charge on any atom is 0.187 e. The number of hydrogen-bond acceptors (Lipinski definition) is 4. The van der Waals surface area contributed by atoms with E-state index in [0.717, 1.165) is 31.6 Å². The fraction of sp³-hybridized carbons (Fsp3) is 0.417. The van der Waals surface area contributed by atoms with Crippen LogP contribution in [-0.2, 0) is 4.74 Å². The van der Waals surface area contributed by atoms with Gasteiger partial charge in [0.1, 0.15) is 0 Å². The summed E-state index contributed by atoms with van der Waals surface area (Å²) in [5.41, 5.74) is 3.68. The van der Waals surface area contributed by atoms with E-state index in [2.05, 4.69) is 20.8 Å². The maximum absolute atomic E-state index is 5.48. The van der Waals surface area contributed by atoms with E-state index in [1.165, 1.54) is 0 Å². The number of pyridine rings is 1. The molecule has 2 heterocycles. The zero-order chi connectivity index (χ0) is 12.6.